The van der Waals surface area contributed by atoms with Crippen LogP contribution in [0.4, 0.5) is 5.69 Å². The molecule has 3 nitrogen and oxygen atoms in total. The van der Waals surface area contributed by atoms with Crippen LogP contribution in [-0.4, -0.2) is 11.9 Å². The van der Waals surface area contributed by atoms with E-state index in [2.05, 4.69) is 53.1 Å². The molecule has 0 unspecified atom stereocenters. The topological polar surface area (TPSA) is 41.1 Å². The maximum atomic E-state index is 12.9. The number of carbonyl (C=O) groups excluding carboxylic acids is 1. The first kappa shape index (κ1) is 17.6. The standard InChI is InChI=1S/C26H30N2O/c29-26(27-20-8-4-5-9-20)19-12-13-22-21(15-19)23-17-10-11-18(14-17)24(23)25(28-22)16-6-2-1-3-7-16/h1-3,6-7,12-13,15,17-18,20,23-25,28H,4-5,8-11,14H2,(H,27,29)/t17-,18+,23+,24+,25+/m0/s1. The quantitative estimate of drug-likeness (QED) is 0.715. The SMILES string of the molecule is O=C(NC1CCCC1)c1ccc2c(c1)[C@H]1[C@H]3CC[C@H](C3)[C@H]1[C@@H](c1ccccc1)N2. The van der Waals surface area contributed by atoms with E-state index in [-0.39, 0.29) is 5.91 Å². The van der Waals surface area contributed by atoms with E-state index in [1.807, 2.05) is 6.07 Å². The van der Waals surface area contributed by atoms with E-state index in [1.165, 1.54) is 48.9 Å². The van der Waals surface area contributed by atoms with E-state index in [4.69, 9.17) is 0 Å². The summed E-state index contributed by atoms with van der Waals surface area (Å²) in [4.78, 5) is 12.9. The third-order valence-electron chi connectivity index (χ3n) is 8.20. The van der Waals surface area contributed by atoms with E-state index in [9.17, 15) is 4.79 Å². The van der Waals surface area contributed by atoms with Crippen molar-refractivity contribution in [3.8, 4) is 0 Å². The normalized spacial score (nSPS) is 32.5. The van der Waals surface area contributed by atoms with Gasteiger partial charge in [-0.1, -0.05) is 43.2 Å². The van der Waals surface area contributed by atoms with Crippen LogP contribution in [0.2, 0.25) is 0 Å². The molecule has 29 heavy (non-hydrogen) atoms. The van der Waals surface area contributed by atoms with Crippen molar-refractivity contribution in [2.75, 3.05) is 5.32 Å². The van der Waals surface area contributed by atoms with Gasteiger partial charge >= 0.3 is 0 Å². The predicted octanol–water partition coefficient (Wildman–Crippen LogP) is 5.66. The Labute approximate surface area is 173 Å². The van der Waals surface area contributed by atoms with E-state index < -0.39 is 0 Å². The minimum atomic E-state index is 0.115. The average molecular weight is 387 g/mol. The van der Waals surface area contributed by atoms with Crippen molar-refractivity contribution in [1.82, 2.24) is 5.32 Å². The molecule has 6 rings (SSSR count). The summed E-state index contributed by atoms with van der Waals surface area (Å²) in [6.07, 6.45) is 8.83. The average Bonchev–Trinajstić information content (AvgIpc) is 3.51. The van der Waals surface area contributed by atoms with Gasteiger partial charge in [-0.3, -0.25) is 4.79 Å². The van der Waals surface area contributed by atoms with Crippen molar-refractivity contribution in [3.63, 3.8) is 0 Å². The lowest BCUT2D eigenvalue weighted by Gasteiger charge is -2.43. The predicted molar refractivity (Wildman–Crippen MR) is 116 cm³/mol. The summed E-state index contributed by atoms with van der Waals surface area (Å²) >= 11 is 0. The molecular weight excluding hydrogens is 356 g/mol. The second-order valence-corrected chi connectivity index (χ2v) is 9.73. The highest BCUT2D eigenvalue weighted by molar-refractivity contribution is 5.95. The van der Waals surface area contributed by atoms with Crippen molar-refractivity contribution < 1.29 is 4.79 Å². The Hall–Kier alpha value is -2.29. The van der Waals surface area contributed by atoms with Gasteiger partial charge in [0, 0.05) is 17.3 Å². The summed E-state index contributed by atoms with van der Waals surface area (Å²) in [5.74, 6) is 2.95. The fourth-order valence-corrected chi connectivity index (χ4v) is 6.96. The number of fused-ring (bicyclic) bond motifs is 7. The molecule has 0 radical (unpaired) electrons. The largest absolute Gasteiger partial charge is 0.378 e. The molecular formula is C26H30N2O. The maximum absolute atomic E-state index is 12.9. The van der Waals surface area contributed by atoms with Crippen LogP contribution in [0.25, 0.3) is 0 Å². The minimum Gasteiger partial charge on any atom is -0.378 e. The van der Waals surface area contributed by atoms with E-state index >= 15 is 0 Å². The maximum Gasteiger partial charge on any atom is 0.251 e. The van der Waals surface area contributed by atoms with Crippen molar-refractivity contribution in [2.45, 2.75) is 62.9 Å². The Balaban J connectivity index is 1.35. The molecule has 0 spiro atoms. The van der Waals surface area contributed by atoms with Crippen molar-refractivity contribution in [2.24, 2.45) is 17.8 Å². The molecule has 1 heterocycles. The van der Waals surface area contributed by atoms with Gasteiger partial charge in [-0.05, 0) is 85.1 Å². The first-order valence-electron chi connectivity index (χ1n) is 11.5. The second kappa shape index (κ2) is 6.90. The molecule has 5 atom stereocenters. The summed E-state index contributed by atoms with van der Waals surface area (Å²) in [5.41, 5.74) is 4.89. The van der Waals surface area contributed by atoms with Gasteiger partial charge in [0.25, 0.3) is 5.91 Å². The minimum absolute atomic E-state index is 0.115. The molecule has 150 valence electrons. The Kier molecular flexibility index (Phi) is 4.18. The Morgan fingerprint density at radius 1 is 0.931 bits per heavy atom. The van der Waals surface area contributed by atoms with Gasteiger partial charge in [0.15, 0.2) is 0 Å². The number of carbonyl (C=O) groups is 1. The smallest absolute Gasteiger partial charge is 0.251 e. The van der Waals surface area contributed by atoms with Crippen molar-refractivity contribution in [3.05, 3.63) is 65.2 Å². The summed E-state index contributed by atoms with van der Waals surface area (Å²) < 4.78 is 0. The zero-order valence-electron chi connectivity index (χ0n) is 16.9. The van der Waals surface area contributed by atoms with Crippen LogP contribution in [0.1, 0.15) is 78.4 Å². The number of rotatable bonds is 3. The Morgan fingerprint density at radius 3 is 2.55 bits per heavy atom. The zero-order chi connectivity index (χ0) is 19.4. The van der Waals surface area contributed by atoms with Crippen LogP contribution < -0.4 is 10.6 Å². The second-order valence-electron chi connectivity index (χ2n) is 9.73. The van der Waals surface area contributed by atoms with Crippen LogP contribution in [0.5, 0.6) is 0 Å². The van der Waals surface area contributed by atoms with Gasteiger partial charge in [-0.25, -0.2) is 0 Å². The highest BCUT2D eigenvalue weighted by Gasteiger charge is 2.53. The van der Waals surface area contributed by atoms with E-state index in [0.717, 1.165) is 30.2 Å². The molecule has 3 fully saturated rings. The molecule has 3 saturated carbocycles. The lowest BCUT2D eigenvalue weighted by atomic mass is 9.68. The van der Waals surface area contributed by atoms with Gasteiger partial charge in [0.1, 0.15) is 0 Å². The van der Waals surface area contributed by atoms with Crippen molar-refractivity contribution in [1.29, 1.82) is 0 Å². The number of benzene rings is 2. The number of anilines is 1. The van der Waals surface area contributed by atoms with Crippen LogP contribution in [0, 0.1) is 17.8 Å². The lowest BCUT2D eigenvalue weighted by Crippen LogP contribution is -2.36. The summed E-state index contributed by atoms with van der Waals surface area (Å²) in [5, 5.41) is 7.15. The van der Waals surface area contributed by atoms with E-state index in [0.29, 0.717) is 23.9 Å². The fourth-order valence-electron chi connectivity index (χ4n) is 6.96. The molecule has 0 saturated heterocycles. The van der Waals surface area contributed by atoms with Crippen LogP contribution in [-0.2, 0) is 0 Å². The molecule has 2 aromatic carbocycles. The molecule has 1 aliphatic heterocycles. The number of hydrogen-bond donors (Lipinski definition) is 2. The van der Waals surface area contributed by atoms with Gasteiger partial charge in [0.05, 0.1) is 6.04 Å². The van der Waals surface area contributed by atoms with Gasteiger partial charge < -0.3 is 10.6 Å². The number of hydrogen-bond acceptors (Lipinski definition) is 2. The monoisotopic (exact) mass is 386 g/mol. The molecule has 3 aliphatic carbocycles. The third-order valence-corrected chi connectivity index (χ3v) is 8.20. The van der Waals surface area contributed by atoms with Gasteiger partial charge in [-0.15, -0.1) is 0 Å². The first-order chi connectivity index (χ1) is 14.3. The van der Waals surface area contributed by atoms with Crippen LogP contribution in [0.15, 0.2) is 48.5 Å². The highest BCUT2D eigenvalue weighted by atomic mass is 16.1. The fraction of sp³-hybridized carbons (Fsp3) is 0.500. The number of nitrogens with one attached hydrogen (secondary N) is 2. The Morgan fingerprint density at radius 2 is 1.72 bits per heavy atom. The number of amides is 1. The molecule has 2 bridgehead atoms. The first-order valence-corrected chi connectivity index (χ1v) is 11.5. The summed E-state index contributed by atoms with van der Waals surface area (Å²) in [7, 11) is 0. The molecule has 0 aromatic heterocycles. The lowest BCUT2D eigenvalue weighted by molar-refractivity contribution is 0.0937. The third kappa shape index (κ3) is 2.89. The molecule has 1 amide bonds. The molecule has 2 N–H and O–H groups in total. The van der Waals surface area contributed by atoms with Gasteiger partial charge in [0.2, 0.25) is 0 Å². The highest BCUT2D eigenvalue weighted by Crippen LogP contribution is 2.63. The van der Waals surface area contributed by atoms with Crippen LogP contribution >= 0.6 is 0 Å². The van der Waals surface area contributed by atoms with Crippen LogP contribution in [0.3, 0.4) is 0 Å². The summed E-state index contributed by atoms with van der Waals surface area (Å²) in [6.45, 7) is 0. The molecule has 4 aliphatic rings. The Bertz CT molecular complexity index is 918. The molecule has 3 heteroatoms. The van der Waals surface area contributed by atoms with Gasteiger partial charge in [-0.2, -0.15) is 0 Å². The van der Waals surface area contributed by atoms with Crippen molar-refractivity contribution >= 4 is 11.6 Å². The molecule has 2 aromatic rings. The van der Waals surface area contributed by atoms with E-state index in [1.54, 1.807) is 0 Å². The zero-order valence-corrected chi connectivity index (χ0v) is 16.9. The summed E-state index contributed by atoms with van der Waals surface area (Å²) in [6, 6.07) is 18.1.